The maximum Gasteiger partial charge on any atom is 0.269 e. The summed E-state index contributed by atoms with van der Waals surface area (Å²) in [6.45, 7) is 1.45. The molecule has 0 radical (unpaired) electrons. The normalized spacial score (nSPS) is 9.95. The van der Waals surface area contributed by atoms with Crippen LogP contribution in [0.15, 0.2) is 48.5 Å². The Bertz CT molecular complexity index is 691. The highest BCUT2D eigenvalue weighted by Gasteiger charge is 2.09. The molecule has 0 spiro atoms. The van der Waals surface area contributed by atoms with E-state index in [1.165, 1.54) is 31.2 Å². The molecule has 2 aromatic carbocycles. The van der Waals surface area contributed by atoms with Gasteiger partial charge in [0.25, 0.3) is 11.6 Å². The minimum absolute atomic E-state index is 0.0428. The van der Waals surface area contributed by atoms with Gasteiger partial charge >= 0.3 is 0 Å². The van der Waals surface area contributed by atoms with Crippen molar-refractivity contribution in [2.75, 3.05) is 5.32 Å². The molecule has 21 heavy (non-hydrogen) atoms. The van der Waals surface area contributed by atoms with Crippen molar-refractivity contribution in [1.82, 2.24) is 0 Å². The average Bonchev–Trinajstić information content (AvgIpc) is 2.47. The van der Waals surface area contributed by atoms with Gasteiger partial charge in [-0.3, -0.25) is 19.7 Å². The summed E-state index contributed by atoms with van der Waals surface area (Å²) in [7, 11) is 0. The van der Waals surface area contributed by atoms with E-state index in [9.17, 15) is 19.7 Å². The summed E-state index contributed by atoms with van der Waals surface area (Å²) in [6, 6.07) is 11.8. The second-order valence-electron chi connectivity index (χ2n) is 4.39. The summed E-state index contributed by atoms with van der Waals surface area (Å²) in [6.07, 6.45) is 0. The molecule has 0 heterocycles. The van der Waals surface area contributed by atoms with Gasteiger partial charge in [-0.25, -0.2) is 0 Å². The summed E-state index contributed by atoms with van der Waals surface area (Å²) in [5, 5.41) is 13.2. The fraction of sp³-hybridized carbons (Fsp3) is 0.0667. The molecule has 0 atom stereocenters. The van der Waals surface area contributed by atoms with Crippen LogP contribution in [0.3, 0.4) is 0 Å². The first-order valence-corrected chi connectivity index (χ1v) is 6.14. The molecule has 6 nitrogen and oxygen atoms in total. The summed E-state index contributed by atoms with van der Waals surface area (Å²) in [4.78, 5) is 33.2. The van der Waals surface area contributed by atoms with Crippen LogP contribution in [0.1, 0.15) is 27.6 Å². The molecule has 0 aliphatic rings. The van der Waals surface area contributed by atoms with Crippen LogP contribution >= 0.6 is 0 Å². The number of nitro benzene ring substituents is 1. The van der Waals surface area contributed by atoms with Gasteiger partial charge in [-0.15, -0.1) is 0 Å². The zero-order chi connectivity index (χ0) is 15.4. The van der Waals surface area contributed by atoms with Crippen molar-refractivity contribution in [1.29, 1.82) is 0 Å². The van der Waals surface area contributed by atoms with E-state index in [0.29, 0.717) is 16.8 Å². The molecule has 1 amide bonds. The Balaban J connectivity index is 2.10. The van der Waals surface area contributed by atoms with Gasteiger partial charge in [0.15, 0.2) is 5.78 Å². The number of anilines is 1. The van der Waals surface area contributed by atoms with Gasteiger partial charge in [-0.1, -0.05) is 12.1 Å². The number of rotatable bonds is 4. The lowest BCUT2D eigenvalue weighted by Crippen LogP contribution is -2.12. The SMILES string of the molecule is CC(=O)c1ccc(C(=O)Nc2ccc([N+](=O)[O-])cc2)cc1. The third kappa shape index (κ3) is 3.50. The first kappa shape index (κ1) is 14.4. The predicted molar refractivity (Wildman–Crippen MR) is 77.5 cm³/mol. The van der Waals surface area contributed by atoms with Crippen LogP contribution in [0.2, 0.25) is 0 Å². The van der Waals surface area contributed by atoms with Crippen LogP contribution in [0.25, 0.3) is 0 Å². The smallest absolute Gasteiger partial charge is 0.269 e. The molecule has 0 bridgehead atoms. The van der Waals surface area contributed by atoms with Gasteiger partial charge in [0.05, 0.1) is 4.92 Å². The number of hydrogen-bond acceptors (Lipinski definition) is 4. The largest absolute Gasteiger partial charge is 0.322 e. The number of benzene rings is 2. The maximum atomic E-state index is 12.0. The summed E-state index contributed by atoms with van der Waals surface area (Å²) < 4.78 is 0. The molecule has 0 aliphatic heterocycles. The van der Waals surface area contributed by atoms with Crippen molar-refractivity contribution in [3.05, 3.63) is 69.8 Å². The van der Waals surface area contributed by atoms with Crippen molar-refractivity contribution in [2.45, 2.75) is 6.92 Å². The second kappa shape index (κ2) is 5.96. The summed E-state index contributed by atoms with van der Waals surface area (Å²) in [5.74, 6) is -0.420. The Morgan fingerprint density at radius 2 is 1.48 bits per heavy atom. The van der Waals surface area contributed by atoms with Crippen LogP contribution in [0.4, 0.5) is 11.4 Å². The molecule has 0 fully saturated rings. The minimum atomic E-state index is -0.508. The number of Topliss-reactive ketones (excluding diaryl/α,β-unsaturated/α-hetero) is 1. The van der Waals surface area contributed by atoms with Gasteiger partial charge in [-0.2, -0.15) is 0 Å². The van der Waals surface area contributed by atoms with E-state index >= 15 is 0 Å². The van der Waals surface area contributed by atoms with Crippen molar-refractivity contribution in [3.63, 3.8) is 0 Å². The fourth-order valence-corrected chi connectivity index (χ4v) is 1.73. The lowest BCUT2D eigenvalue weighted by atomic mass is 10.1. The number of ketones is 1. The average molecular weight is 284 g/mol. The number of amides is 1. The Hall–Kier alpha value is -3.02. The van der Waals surface area contributed by atoms with Crippen molar-refractivity contribution < 1.29 is 14.5 Å². The van der Waals surface area contributed by atoms with E-state index in [-0.39, 0.29) is 17.4 Å². The highest BCUT2D eigenvalue weighted by molar-refractivity contribution is 6.05. The van der Waals surface area contributed by atoms with Crippen LogP contribution in [0.5, 0.6) is 0 Å². The third-order valence-corrected chi connectivity index (χ3v) is 2.89. The van der Waals surface area contributed by atoms with Crippen molar-refractivity contribution in [3.8, 4) is 0 Å². The van der Waals surface area contributed by atoms with Crippen LogP contribution in [0, 0.1) is 10.1 Å². The van der Waals surface area contributed by atoms with Crippen LogP contribution < -0.4 is 5.32 Å². The quantitative estimate of drug-likeness (QED) is 0.531. The van der Waals surface area contributed by atoms with Crippen LogP contribution in [-0.2, 0) is 0 Å². The standard InChI is InChI=1S/C15H12N2O4/c1-10(18)11-2-4-12(5-3-11)15(19)16-13-6-8-14(9-7-13)17(20)21/h2-9H,1H3,(H,16,19). The predicted octanol–water partition coefficient (Wildman–Crippen LogP) is 3.05. The van der Waals surface area contributed by atoms with Gasteiger partial charge in [-0.05, 0) is 31.2 Å². The van der Waals surface area contributed by atoms with E-state index in [1.807, 2.05) is 0 Å². The number of carbonyl (C=O) groups is 2. The molecule has 1 N–H and O–H groups in total. The Labute approximate surface area is 120 Å². The lowest BCUT2D eigenvalue weighted by Gasteiger charge is -2.05. The van der Waals surface area contributed by atoms with Gasteiger partial charge in [0, 0.05) is 28.9 Å². The highest BCUT2D eigenvalue weighted by Crippen LogP contribution is 2.16. The molecular weight excluding hydrogens is 272 g/mol. The number of carbonyl (C=O) groups excluding carboxylic acids is 2. The zero-order valence-corrected chi connectivity index (χ0v) is 11.2. The molecule has 6 heteroatoms. The number of non-ortho nitro benzene ring substituents is 1. The van der Waals surface area contributed by atoms with Gasteiger partial charge < -0.3 is 5.32 Å². The molecule has 106 valence electrons. The zero-order valence-electron chi connectivity index (χ0n) is 11.2. The molecule has 2 rings (SSSR count). The third-order valence-electron chi connectivity index (χ3n) is 2.89. The molecule has 0 saturated heterocycles. The number of hydrogen-bond donors (Lipinski definition) is 1. The van der Waals surface area contributed by atoms with E-state index in [2.05, 4.69) is 5.32 Å². The highest BCUT2D eigenvalue weighted by atomic mass is 16.6. The van der Waals surface area contributed by atoms with E-state index in [4.69, 9.17) is 0 Å². The molecule has 0 aliphatic carbocycles. The Morgan fingerprint density at radius 1 is 0.952 bits per heavy atom. The molecule has 2 aromatic rings. The van der Waals surface area contributed by atoms with E-state index in [0.717, 1.165) is 0 Å². The Kier molecular flexibility index (Phi) is 4.08. The molecule has 0 saturated carbocycles. The summed E-state index contributed by atoms with van der Waals surface area (Å²) in [5.41, 5.74) is 1.35. The molecule has 0 aromatic heterocycles. The van der Waals surface area contributed by atoms with Crippen LogP contribution in [-0.4, -0.2) is 16.6 Å². The number of nitrogens with zero attached hydrogens (tertiary/aromatic N) is 1. The monoisotopic (exact) mass is 284 g/mol. The van der Waals surface area contributed by atoms with Gasteiger partial charge in [0.2, 0.25) is 0 Å². The number of nitrogens with one attached hydrogen (secondary N) is 1. The van der Waals surface area contributed by atoms with Crippen molar-refractivity contribution >= 4 is 23.1 Å². The Morgan fingerprint density at radius 3 is 1.95 bits per heavy atom. The lowest BCUT2D eigenvalue weighted by molar-refractivity contribution is -0.384. The number of nitro groups is 1. The molecular formula is C15H12N2O4. The molecule has 0 unspecified atom stereocenters. The first-order chi connectivity index (χ1) is 9.97. The minimum Gasteiger partial charge on any atom is -0.322 e. The van der Waals surface area contributed by atoms with E-state index in [1.54, 1.807) is 24.3 Å². The first-order valence-electron chi connectivity index (χ1n) is 6.14. The summed E-state index contributed by atoms with van der Waals surface area (Å²) >= 11 is 0. The van der Waals surface area contributed by atoms with E-state index < -0.39 is 4.92 Å². The fourth-order valence-electron chi connectivity index (χ4n) is 1.73. The second-order valence-corrected chi connectivity index (χ2v) is 4.39. The van der Waals surface area contributed by atoms with Crippen molar-refractivity contribution in [2.24, 2.45) is 0 Å². The topological polar surface area (TPSA) is 89.3 Å². The maximum absolute atomic E-state index is 12.0. The van der Waals surface area contributed by atoms with Gasteiger partial charge in [0.1, 0.15) is 0 Å².